The highest BCUT2D eigenvalue weighted by molar-refractivity contribution is 5.90. The van der Waals surface area contributed by atoms with E-state index in [0.717, 1.165) is 24.1 Å². The average molecular weight is 320 g/mol. The fraction of sp³-hybridized carbons (Fsp3) is 0.150. The summed E-state index contributed by atoms with van der Waals surface area (Å²) >= 11 is 0. The molecule has 0 saturated carbocycles. The molecule has 0 bridgehead atoms. The number of hydrogen-bond acceptors (Lipinski definition) is 2. The van der Waals surface area contributed by atoms with Crippen molar-refractivity contribution in [2.24, 2.45) is 0 Å². The summed E-state index contributed by atoms with van der Waals surface area (Å²) in [6.07, 6.45) is 4.05. The maximum absolute atomic E-state index is 11.9. The molecule has 2 aromatic carbocycles. The highest BCUT2D eigenvalue weighted by Crippen LogP contribution is 2.18. The predicted octanol–water partition coefficient (Wildman–Crippen LogP) is 4.35. The van der Waals surface area contributed by atoms with Gasteiger partial charge in [0.2, 0.25) is 5.91 Å². The zero-order chi connectivity index (χ0) is 16.8. The summed E-state index contributed by atoms with van der Waals surface area (Å²) in [6, 6.07) is 18.9. The van der Waals surface area contributed by atoms with Crippen LogP contribution in [0.2, 0.25) is 0 Å². The van der Waals surface area contributed by atoms with Crippen LogP contribution in [0.5, 0.6) is 5.75 Å². The maximum Gasteiger partial charge on any atom is 0.224 e. The Labute approximate surface area is 141 Å². The molecule has 0 atom stereocenters. The zero-order valence-electron chi connectivity index (χ0n) is 13.3. The Morgan fingerprint density at radius 3 is 2.42 bits per heavy atom. The normalized spacial score (nSPS) is 10.5. The largest absolute Gasteiger partial charge is 0.508 e. The van der Waals surface area contributed by atoms with Crippen LogP contribution in [0.15, 0.2) is 66.9 Å². The van der Waals surface area contributed by atoms with Gasteiger partial charge in [0.15, 0.2) is 0 Å². The van der Waals surface area contributed by atoms with E-state index >= 15 is 0 Å². The van der Waals surface area contributed by atoms with Crippen molar-refractivity contribution in [3.8, 4) is 17.0 Å². The molecule has 0 aliphatic carbocycles. The van der Waals surface area contributed by atoms with Crippen molar-refractivity contribution in [1.29, 1.82) is 0 Å². The van der Waals surface area contributed by atoms with Gasteiger partial charge in [-0.05, 0) is 60.4 Å². The van der Waals surface area contributed by atoms with Gasteiger partial charge in [-0.15, -0.1) is 0 Å². The summed E-state index contributed by atoms with van der Waals surface area (Å²) in [5.41, 5.74) is 4.19. The molecular formula is C20H20N2O2. The number of H-pyrrole nitrogens is 1. The molecule has 0 aliphatic heterocycles. The molecule has 122 valence electrons. The number of aromatic nitrogens is 1. The molecule has 24 heavy (non-hydrogen) atoms. The summed E-state index contributed by atoms with van der Waals surface area (Å²) in [5, 5.41) is 12.1. The first kappa shape index (κ1) is 15.9. The van der Waals surface area contributed by atoms with Gasteiger partial charge in [-0.2, -0.15) is 0 Å². The van der Waals surface area contributed by atoms with Crippen molar-refractivity contribution in [3.63, 3.8) is 0 Å². The van der Waals surface area contributed by atoms with Crippen LogP contribution in [0.1, 0.15) is 18.4 Å². The van der Waals surface area contributed by atoms with Crippen molar-refractivity contribution >= 4 is 11.6 Å². The number of phenols is 1. The molecule has 4 heteroatoms. The second kappa shape index (κ2) is 7.51. The van der Waals surface area contributed by atoms with Crippen LogP contribution in [0.3, 0.4) is 0 Å². The second-order valence-corrected chi connectivity index (χ2v) is 5.73. The number of benzene rings is 2. The number of carbonyl (C=O) groups excluding carboxylic acids is 1. The standard InChI is InChI=1S/C20H20N2O2/c23-18-12-10-17(11-13-18)22-20(24)5-1-3-15-6-8-16(9-7-15)19-4-2-14-21-19/h2,4,6-14,21,23H,1,3,5H2,(H,22,24). The van der Waals surface area contributed by atoms with Gasteiger partial charge in [0, 0.05) is 24.0 Å². The van der Waals surface area contributed by atoms with Crippen LogP contribution in [-0.2, 0) is 11.2 Å². The van der Waals surface area contributed by atoms with Gasteiger partial charge in [0.25, 0.3) is 0 Å². The van der Waals surface area contributed by atoms with Crippen LogP contribution in [-0.4, -0.2) is 16.0 Å². The maximum atomic E-state index is 11.9. The SMILES string of the molecule is O=C(CCCc1ccc(-c2ccc[nH]2)cc1)Nc1ccc(O)cc1. The first-order chi connectivity index (χ1) is 11.7. The summed E-state index contributed by atoms with van der Waals surface area (Å²) < 4.78 is 0. The van der Waals surface area contributed by atoms with Crippen molar-refractivity contribution in [2.45, 2.75) is 19.3 Å². The number of nitrogens with one attached hydrogen (secondary N) is 2. The van der Waals surface area contributed by atoms with Crippen molar-refractivity contribution in [3.05, 3.63) is 72.4 Å². The molecule has 3 aromatic rings. The summed E-state index contributed by atoms with van der Waals surface area (Å²) in [5.74, 6) is 0.180. The number of aromatic amines is 1. The zero-order valence-corrected chi connectivity index (χ0v) is 13.3. The number of phenolic OH excluding ortho intramolecular Hbond substituents is 1. The molecule has 0 fully saturated rings. The molecule has 1 amide bonds. The predicted molar refractivity (Wildman–Crippen MR) is 95.9 cm³/mol. The van der Waals surface area contributed by atoms with Gasteiger partial charge in [-0.3, -0.25) is 4.79 Å². The monoisotopic (exact) mass is 320 g/mol. The first-order valence-electron chi connectivity index (χ1n) is 8.02. The van der Waals surface area contributed by atoms with E-state index in [2.05, 4.69) is 34.6 Å². The molecule has 3 N–H and O–H groups in total. The Hall–Kier alpha value is -3.01. The third-order valence-electron chi connectivity index (χ3n) is 3.88. The molecule has 0 spiro atoms. The Morgan fingerprint density at radius 1 is 1.00 bits per heavy atom. The van der Waals surface area contributed by atoms with Gasteiger partial charge in [-0.1, -0.05) is 24.3 Å². The molecule has 0 saturated heterocycles. The third kappa shape index (κ3) is 4.26. The average Bonchev–Trinajstić information content (AvgIpc) is 3.12. The van der Waals surface area contributed by atoms with Crippen LogP contribution >= 0.6 is 0 Å². The summed E-state index contributed by atoms with van der Waals surface area (Å²) in [7, 11) is 0. The highest BCUT2D eigenvalue weighted by Gasteiger charge is 2.04. The van der Waals surface area contributed by atoms with Gasteiger partial charge in [0.05, 0.1) is 0 Å². The number of amides is 1. The molecular weight excluding hydrogens is 300 g/mol. The van der Waals surface area contributed by atoms with E-state index in [9.17, 15) is 9.90 Å². The van der Waals surface area contributed by atoms with Crippen molar-refractivity contribution in [1.82, 2.24) is 4.98 Å². The van der Waals surface area contributed by atoms with Crippen LogP contribution in [0.25, 0.3) is 11.3 Å². The lowest BCUT2D eigenvalue weighted by Crippen LogP contribution is -2.11. The topological polar surface area (TPSA) is 65.1 Å². The molecule has 0 aliphatic rings. The lowest BCUT2D eigenvalue weighted by atomic mass is 10.0. The van der Waals surface area contributed by atoms with Crippen LogP contribution in [0, 0.1) is 0 Å². The molecule has 0 unspecified atom stereocenters. The number of hydrogen-bond donors (Lipinski definition) is 3. The summed E-state index contributed by atoms with van der Waals surface area (Å²) in [4.78, 5) is 15.1. The van der Waals surface area contributed by atoms with E-state index in [1.807, 2.05) is 18.3 Å². The number of carbonyl (C=O) groups is 1. The molecule has 1 aromatic heterocycles. The lowest BCUT2D eigenvalue weighted by Gasteiger charge is -2.06. The van der Waals surface area contributed by atoms with E-state index in [4.69, 9.17) is 0 Å². The molecule has 1 heterocycles. The quantitative estimate of drug-likeness (QED) is 0.591. The number of anilines is 1. The number of aryl methyl sites for hydroxylation is 1. The lowest BCUT2D eigenvalue weighted by molar-refractivity contribution is -0.116. The van der Waals surface area contributed by atoms with Gasteiger partial charge in [0.1, 0.15) is 5.75 Å². The smallest absolute Gasteiger partial charge is 0.224 e. The van der Waals surface area contributed by atoms with Gasteiger partial charge in [-0.25, -0.2) is 0 Å². The second-order valence-electron chi connectivity index (χ2n) is 5.73. The fourth-order valence-electron chi connectivity index (χ4n) is 2.58. The summed E-state index contributed by atoms with van der Waals surface area (Å²) in [6.45, 7) is 0. The van der Waals surface area contributed by atoms with Crippen LogP contribution < -0.4 is 5.32 Å². The van der Waals surface area contributed by atoms with Gasteiger partial charge >= 0.3 is 0 Å². The first-order valence-corrected chi connectivity index (χ1v) is 8.02. The van der Waals surface area contributed by atoms with Crippen molar-refractivity contribution in [2.75, 3.05) is 5.32 Å². The highest BCUT2D eigenvalue weighted by atomic mass is 16.3. The van der Waals surface area contributed by atoms with E-state index < -0.39 is 0 Å². The minimum atomic E-state index is -0.0105. The molecule has 0 radical (unpaired) electrons. The van der Waals surface area contributed by atoms with Crippen LogP contribution in [0.4, 0.5) is 5.69 Å². The molecule has 3 rings (SSSR count). The fourth-order valence-corrected chi connectivity index (χ4v) is 2.58. The minimum absolute atomic E-state index is 0.0105. The Morgan fingerprint density at radius 2 is 1.75 bits per heavy atom. The number of aromatic hydroxyl groups is 1. The minimum Gasteiger partial charge on any atom is -0.508 e. The number of rotatable bonds is 6. The molecule has 4 nitrogen and oxygen atoms in total. The van der Waals surface area contributed by atoms with Crippen molar-refractivity contribution < 1.29 is 9.90 Å². The Kier molecular flexibility index (Phi) is 4.96. The van der Waals surface area contributed by atoms with E-state index in [1.54, 1.807) is 24.3 Å². The van der Waals surface area contributed by atoms with E-state index in [0.29, 0.717) is 12.1 Å². The Balaban J connectivity index is 1.46. The third-order valence-corrected chi connectivity index (χ3v) is 3.88. The Bertz CT molecular complexity index is 776. The van der Waals surface area contributed by atoms with Gasteiger partial charge < -0.3 is 15.4 Å². The van der Waals surface area contributed by atoms with E-state index in [-0.39, 0.29) is 11.7 Å². The van der Waals surface area contributed by atoms with E-state index in [1.165, 1.54) is 5.56 Å².